The minimum atomic E-state index is -0.0455. The Morgan fingerprint density at radius 2 is 2.04 bits per heavy atom. The van der Waals surface area contributed by atoms with Crippen LogP contribution in [0.4, 0.5) is 0 Å². The number of hydrogen-bond acceptors (Lipinski definition) is 4. The lowest BCUT2D eigenvalue weighted by Crippen LogP contribution is -2.39. The quantitative estimate of drug-likeness (QED) is 0.534. The van der Waals surface area contributed by atoms with Crippen LogP contribution < -0.4 is 20.1 Å². The summed E-state index contributed by atoms with van der Waals surface area (Å²) in [5.74, 6) is 2.35. The molecule has 1 atom stereocenters. The Kier molecular flexibility index (Phi) is 8.26. The number of ether oxygens (including phenoxy) is 2. The zero-order chi connectivity index (χ0) is 18.6. The van der Waals surface area contributed by atoms with Crippen molar-refractivity contribution in [2.75, 3.05) is 26.7 Å². The van der Waals surface area contributed by atoms with Crippen LogP contribution in [0.1, 0.15) is 19.4 Å². The van der Waals surface area contributed by atoms with Gasteiger partial charge in [0.1, 0.15) is 17.6 Å². The second kappa shape index (κ2) is 11.0. The van der Waals surface area contributed by atoms with Crippen molar-refractivity contribution in [2.45, 2.75) is 26.4 Å². The first-order chi connectivity index (χ1) is 12.7. The predicted octanol–water partition coefficient (Wildman–Crippen LogP) is 2.66. The number of aliphatic imine (C=N–C) groups is 1. The van der Waals surface area contributed by atoms with Crippen molar-refractivity contribution < 1.29 is 9.47 Å². The Labute approximate surface area is 155 Å². The second-order valence-corrected chi connectivity index (χ2v) is 5.87. The number of hydrogen-bond donors (Lipinski definition) is 2. The lowest BCUT2D eigenvalue weighted by molar-refractivity contribution is 0.229. The van der Waals surface area contributed by atoms with E-state index in [1.54, 1.807) is 13.3 Å². The molecule has 26 heavy (non-hydrogen) atoms. The van der Waals surface area contributed by atoms with Gasteiger partial charge in [-0.05, 0) is 44.0 Å². The molecule has 1 unspecified atom stereocenters. The monoisotopic (exact) mass is 356 g/mol. The van der Waals surface area contributed by atoms with Gasteiger partial charge in [-0.2, -0.15) is 0 Å². The van der Waals surface area contributed by atoms with E-state index in [4.69, 9.17) is 9.47 Å². The van der Waals surface area contributed by atoms with Crippen LogP contribution in [0.25, 0.3) is 0 Å². The average Bonchev–Trinajstić information content (AvgIpc) is 2.67. The number of pyridine rings is 1. The largest absolute Gasteiger partial charge is 0.497 e. The Morgan fingerprint density at radius 3 is 2.77 bits per heavy atom. The highest BCUT2D eigenvalue weighted by Crippen LogP contribution is 2.19. The summed E-state index contributed by atoms with van der Waals surface area (Å²) < 4.78 is 11.1. The molecule has 0 spiro atoms. The lowest BCUT2D eigenvalue weighted by atomic mass is 10.2. The molecule has 0 aliphatic rings. The summed E-state index contributed by atoms with van der Waals surface area (Å²) in [6.45, 7) is 6.21. The highest BCUT2D eigenvalue weighted by atomic mass is 16.5. The molecule has 1 heterocycles. The standard InChI is InChI=1S/C20H28N4O2/c1-4-22-20(23-12-10-17-7-6-11-21-15-17)24-14-16(2)26-19-9-5-8-18(13-19)25-3/h5-9,11,13,15-16H,4,10,12,14H2,1-3H3,(H2,22,23,24). The molecule has 1 aromatic heterocycles. The van der Waals surface area contributed by atoms with Gasteiger partial charge in [-0.1, -0.05) is 12.1 Å². The summed E-state index contributed by atoms with van der Waals surface area (Å²) >= 11 is 0. The topological polar surface area (TPSA) is 67.8 Å². The van der Waals surface area contributed by atoms with Crippen LogP contribution >= 0.6 is 0 Å². The van der Waals surface area contributed by atoms with Gasteiger partial charge in [-0.25, -0.2) is 4.99 Å². The number of benzene rings is 1. The molecule has 0 aliphatic carbocycles. The number of rotatable bonds is 9. The van der Waals surface area contributed by atoms with E-state index in [1.807, 2.05) is 43.5 Å². The summed E-state index contributed by atoms with van der Waals surface area (Å²) in [5, 5.41) is 6.60. The van der Waals surface area contributed by atoms with Gasteiger partial charge in [0, 0.05) is 31.5 Å². The van der Waals surface area contributed by atoms with Crippen LogP contribution in [-0.4, -0.2) is 43.8 Å². The van der Waals surface area contributed by atoms with Crippen molar-refractivity contribution in [3.63, 3.8) is 0 Å². The number of methoxy groups -OCH3 is 1. The molecular formula is C20H28N4O2. The van der Waals surface area contributed by atoms with E-state index in [2.05, 4.69) is 33.6 Å². The molecule has 2 N–H and O–H groups in total. The van der Waals surface area contributed by atoms with Crippen LogP contribution in [0.5, 0.6) is 11.5 Å². The summed E-state index contributed by atoms with van der Waals surface area (Å²) in [4.78, 5) is 8.74. The minimum absolute atomic E-state index is 0.0455. The van der Waals surface area contributed by atoms with Gasteiger partial charge in [0.15, 0.2) is 5.96 Å². The Hall–Kier alpha value is -2.76. The van der Waals surface area contributed by atoms with Crippen LogP contribution in [0.15, 0.2) is 53.8 Å². The van der Waals surface area contributed by atoms with Crippen LogP contribution in [0.3, 0.4) is 0 Å². The minimum Gasteiger partial charge on any atom is -0.497 e. The van der Waals surface area contributed by atoms with Gasteiger partial charge in [-0.15, -0.1) is 0 Å². The molecule has 0 radical (unpaired) electrons. The molecule has 0 saturated heterocycles. The molecule has 0 amide bonds. The van der Waals surface area contributed by atoms with E-state index in [9.17, 15) is 0 Å². The lowest BCUT2D eigenvalue weighted by Gasteiger charge is -2.15. The van der Waals surface area contributed by atoms with E-state index in [-0.39, 0.29) is 6.10 Å². The Bertz CT molecular complexity index is 677. The molecule has 0 saturated carbocycles. The van der Waals surface area contributed by atoms with Crippen molar-refractivity contribution in [1.82, 2.24) is 15.6 Å². The summed E-state index contributed by atoms with van der Waals surface area (Å²) in [6.07, 6.45) is 4.52. The molecule has 0 bridgehead atoms. The fraction of sp³-hybridized carbons (Fsp3) is 0.400. The number of nitrogens with zero attached hydrogens (tertiary/aromatic N) is 2. The molecule has 140 valence electrons. The maximum Gasteiger partial charge on any atom is 0.191 e. The zero-order valence-corrected chi connectivity index (χ0v) is 15.7. The second-order valence-electron chi connectivity index (χ2n) is 5.87. The third kappa shape index (κ3) is 7.01. The van der Waals surface area contributed by atoms with E-state index >= 15 is 0 Å². The molecule has 2 aromatic rings. The SMILES string of the molecule is CCNC(=NCC(C)Oc1cccc(OC)c1)NCCc1cccnc1. The molecule has 0 fully saturated rings. The highest BCUT2D eigenvalue weighted by Gasteiger charge is 2.06. The van der Waals surface area contributed by atoms with E-state index in [1.165, 1.54) is 5.56 Å². The van der Waals surface area contributed by atoms with Gasteiger partial charge in [-0.3, -0.25) is 4.98 Å². The molecule has 1 aromatic carbocycles. The van der Waals surface area contributed by atoms with Crippen LogP contribution in [-0.2, 0) is 6.42 Å². The fourth-order valence-corrected chi connectivity index (χ4v) is 2.38. The number of guanidine groups is 1. The van der Waals surface area contributed by atoms with Crippen molar-refractivity contribution in [2.24, 2.45) is 4.99 Å². The normalized spacial score (nSPS) is 12.3. The van der Waals surface area contributed by atoms with Gasteiger partial charge in [0.25, 0.3) is 0 Å². The Balaban J connectivity index is 1.82. The Morgan fingerprint density at radius 1 is 1.19 bits per heavy atom. The summed E-state index contributed by atoms with van der Waals surface area (Å²) in [6, 6.07) is 11.6. The average molecular weight is 356 g/mol. The zero-order valence-electron chi connectivity index (χ0n) is 15.7. The number of aromatic nitrogens is 1. The molecule has 6 nitrogen and oxygen atoms in total. The highest BCUT2D eigenvalue weighted by molar-refractivity contribution is 5.79. The predicted molar refractivity (Wildman–Crippen MR) is 105 cm³/mol. The van der Waals surface area contributed by atoms with Gasteiger partial charge >= 0.3 is 0 Å². The fourth-order valence-electron chi connectivity index (χ4n) is 2.38. The van der Waals surface area contributed by atoms with Gasteiger partial charge in [0.05, 0.1) is 13.7 Å². The van der Waals surface area contributed by atoms with E-state index in [0.717, 1.165) is 37.0 Å². The molecule has 2 rings (SSSR count). The summed E-state index contributed by atoms with van der Waals surface area (Å²) in [7, 11) is 1.65. The maximum absolute atomic E-state index is 5.91. The van der Waals surface area contributed by atoms with Crippen molar-refractivity contribution in [3.8, 4) is 11.5 Å². The van der Waals surface area contributed by atoms with Crippen LogP contribution in [0, 0.1) is 0 Å². The first-order valence-corrected chi connectivity index (χ1v) is 8.93. The molecule has 6 heteroatoms. The van der Waals surface area contributed by atoms with Crippen molar-refractivity contribution in [3.05, 3.63) is 54.4 Å². The van der Waals surface area contributed by atoms with E-state index < -0.39 is 0 Å². The van der Waals surface area contributed by atoms with Crippen molar-refractivity contribution >= 4 is 5.96 Å². The maximum atomic E-state index is 5.91. The summed E-state index contributed by atoms with van der Waals surface area (Å²) in [5.41, 5.74) is 1.20. The van der Waals surface area contributed by atoms with Crippen molar-refractivity contribution in [1.29, 1.82) is 0 Å². The van der Waals surface area contributed by atoms with E-state index in [0.29, 0.717) is 6.54 Å². The first-order valence-electron chi connectivity index (χ1n) is 8.93. The van der Waals surface area contributed by atoms with Gasteiger partial charge in [0.2, 0.25) is 0 Å². The number of nitrogens with one attached hydrogen (secondary N) is 2. The van der Waals surface area contributed by atoms with Gasteiger partial charge < -0.3 is 20.1 Å². The third-order valence-electron chi connectivity index (χ3n) is 3.66. The van der Waals surface area contributed by atoms with Crippen LogP contribution in [0.2, 0.25) is 0 Å². The first kappa shape index (κ1) is 19.6. The smallest absolute Gasteiger partial charge is 0.191 e. The third-order valence-corrected chi connectivity index (χ3v) is 3.66. The molecule has 0 aliphatic heterocycles. The molecular weight excluding hydrogens is 328 g/mol.